The fourth-order valence-electron chi connectivity index (χ4n) is 1.53. The quantitative estimate of drug-likeness (QED) is 0.710. The molecular weight excluding hydrogens is 212 g/mol. The number of nitrogens with one attached hydrogen (secondary N) is 2. The molecule has 0 saturated carbocycles. The summed E-state index contributed by atoms with van der Waals surface area (Å²) < 4.78 is 0. The highest BCUT2D eigenvalue weighted by atomic mass is 16.3. The highest BCUT2D eigenvalue weighted by molar-refractivity contribution is 5.36. The molecule has 0 aliphatic heterocycles. The fourth-order valence-corrected chi connectivity index (χ4v) is 1.53. The smallest absolute Gasteiger partial charge is 0.120 e. The van der Waals surface area contributed by atoms with Crippen molar-refractivity contribution in [1.29, 1.82) is 0 Å². The summed E-state index contributed by atoms with van der Waals surface area (Å²) in [4.78, 5) is 0. The number of hydrogen-bond acceptors (Lipinski definition) is 3. The van der Waals surface area contributed by atoms with Crippen molar-refractivity contribution in [2.75, 3.05) is 0 Å². The Morgan fingerprint density at radius 2 is 1.59 bits per heavy atom. The summed E-state index contributed by atoms with van der Waals surface area (Å²) in [6, 6.07) is 6.69. The first kappa shape index (κ1) is 14.0. The van der Waals surface area contributed by atoms with Gasteiger partial charge in [0.05, 0.1) is 0 Å². The number of hydrogen-bond donors (Lipinski definition) is 3. The molecule has 0 fully saturated rings. The van der Waals surface area contributed by atoms with Gasteiger partial charge in [-0.15, -0.1) is 0 Å². The molecule has 0 bridgehead atoms. The van der Waals surface area contributed by atoms with Gasteiger partial charge >= 0.3 is 0 Å². The van der Waals surface area contributed by atoms with Crippen molar-refractivity contribution in [2.45, 2.75) is 52.9 Å². The standard InChI is InChI=1S/C14H24N2O/c1-10(2)15-8-12-5-6-14(17)13(7-12)9-16-11(3)4/h5-7,10-11,15-17H,8-9H2,1-4H3. The van der Waals surface area contributed by atoms with E-state index in [1.807, 2.05) is 6.07 Å². The van der Waals surface area contributed by atoms with Gasteiger partial charge < -0.3 is 15.7 Å². The Morgan fingerprint density at radius 1 is 1.00 bits per heavy atom. The van der Waals surface area contributed by atoms with Crippen LogP contribution in [0.2, 0.25) is 0 Å². The van der Waals surface area contributed by atoms with Crippen molar-refractivity contribution < 1.29 is 5.11 Å². The maximum atomic E-state index is 9.76. The second-order valence-electron chi connectivity index (χ2n) is 5.03. The van der Waals surface area contributed by atoms with Crippen molar-refractivity contribution in [1.82, 2.24) is 10.6 Å². The average molecular weight is 236 g/mol. The molecule has 0 radical (unpaired) electrons. The van der Waals surface area contributed by atoms with E-state index in [2.05, 4.69) is 44.4 Å². The number of benzene rings is 1. The van der Waals surface area contributed by atoms with Gasteiger partial charge in [-0.05, 0) is 17.7 Å². The van der Waals surface area contributed by atoms with E-state index in [4.69, 9.17) is 0 Å². The van der Waals surface area contributed by atoms with Gasteiger partial charge in [-0.25, -0.2) is 0 Å². The third-order valence-corrected chi connectivity index (χ3v) is 2.56. The molecular formula is C14H24N2O. The molecule has 0 aromatic heterocycles. The number of phenols is 1. The Bertz CT molecular complexity index is 348. The van der Waals surface area contributed by atoms with E-state index in [-0.39, 0.29) is 0 Å². The summed E-state index contributed by atoms with van der Waals surface area (Å²) in [6.07, 6.45) is 0. The van der Waals surface area contributed by atoms with Crippen molar-refractivity contribution in [3.63, 3.8) is 0 Å². The van der Waals surface area contributed by atoms with Crippen LogP contribution in [0.5, 0.6) is 5.75 Å². The first-order valence-electron chi connectivity index (χ1n) is 6.26. The number of phenolic OH excluding ortho intramolecular Hbond substituents is 1. The molecule has 1 aromatic rings. The first-order valence-corrected chi connectivity index (χ1v) is 6.26. The molecule has 0 spiro atoms. The molecule has 0 heterocycles. The summed E-state index contributed by atoms with van der Waals surface area (Å²) in [5, 5.41) is 16.5. The largest absolute Gasteiger partial charge is 0.508 e. The zero-order chi connectivity index (χ0) is 12.8. The van der Waals surface area contributed by atoms with E-state index < -0.39 is 0 Å². The van der Waals surface area contributed by atoms with Gasteiger partial charge in [0, 0.05) is 30.7 Å². The summed E-state index contributed by atoms with van der Waals surface area (Å²) >= 11 is 0. The third-order valence-electron chi connectivity index (χ3n) is 2.56. The van der Waals surface area contributed by atoms with E-state index in [9.17, 15) is 5.11 Å². The summed E-state index contributed by atoms with van der Waals surface area (Å²) in [6.45, 7) is 10.00. The zero-order valence-corrected chi connectivity index (χ0v) is 11.2. The lowest BCUT2D eigenvalue weighted by molar-refractivity contribution is 0.460. The Labute approximate surface area is 104 Å². The van der Waals surface area contributed by atoms with Crippen LogP contribution in [0.3, 0.4) is 0 Å². The molecule has 0 saturated heterocycles. The van der Waals surface area contributed by atoms with E-state index in [0.717, 1.165) is 12.1 Å². The van der Waals surface area contributed by atoms with Gasteiger partial charge in [0.15, 0.2) is 0 Å². The second kappa shape index (κ2) is 6.62. The lowest BCUT2D eigenvalue weighted by Gasteiger charge is -2.12. The molecule has 0 atom stereocenters. The molecule has 1 rings (SSSR count). The van der Waals surface area contributed by atoms with Gasteiger partial charge in [0.2, 0.25) is 0 Å². The third kappa shape index (κ3) is 5.20. The van der Waals surface area contributed by atoms with Crippen molar-refractivity contribution in [3.05, 3.63) is 29.3 Å². The van der Waals surface area contributed by atoms with Crippen LogP contribution in [0, 0.1) is 0 Å². The molecule has 0 unspecified atom stereocenters. The molecule has 3 heteroatoms. The molecule has 0 amide bonds. The minimum absolute atomic E-state index is 0.367. The van der Waals surface area contributed by atoms with E-state index in [0.29, 0.717) is 24.4 Å². The van der Waals surface area contributed by atoms with Crippen LogP contribution in [0.4, 0.5) is 0 Å². The Balaban J connectivity index is 2.65. The Kier molecular flexibility index (Phi) is 5.45. The molecule has 1 aromatic carbocycles. The van der Waals surface area contributed by atoms with Crippen molar-refractivity contribution in [2.24, 2.45) is 0 Å². The van der Waals surface area contributed by atoms with Crippen LogP contribution in [-0.2, 0) is 13.1 Å². The van der Waals surface area contributed by atoms with Gasteiger partial charge in [-0.1, -0.05) is 33.8 Å². The van der Waals surface area contributed by atoms with Crippen LogP contribution in [0.1, 0.15) is 38.8 Å². The van der Waals surface area contributed by atoms with Gasteiger partial charge in [0.1, 0.15) is 5.75 Å². The average Bonchev–Trinajstić information content (AvgIpc) is 2.26. The maximum absolute atomic E-state index is 9.76. The Morgan fingerprint density at radius 3 is 2.18 bits per heavy atom. The topological polar surface area (TPSA) is 44.3 Å². The SMILES string of the molecule is CC(C)NCc1ccc(O)c(CNC(C)C)c1. The Hall–Kier alpha value is -1.06. The molecule has 3 nitrogen and oxygen atoms in total. The lowest BCUT2D eigenvalue weighted by Crippen LogP contribution is -2.23. The molecule has 17 heavy (non-hydrogen) atoms. The molecule has 3 N–H and O–H groups in total. The highest BCUT2D eigenvalue weighted by Gasteiger charge is 2.04. The second-order valence-corrected chi connectivity index (χ2v) is 5.03. The summed E-state index contributed by atoms with van der Waals surface area (Å²) in [5.74, 6) is 0.367. The van der Waals surface area contributed by atoms with E-state index in [1.165, 1.54) is 5.56 Å². The van der Waals surface area contributed by atoms with Gasteiger partial charge in [-0.3, -0.25) is 0 Å². The minimum atomic E-state index is 0.367. The monoisotopic (exact) mass is 236 g/mol. The first-order chi connectivity index (χ1) is 7.99. The number of aromatic hydroxyl groups is 1. The van der Waals surface area contributed by atoms with Crippen LogP contribution < -0.4 is 10.6 Å². The van der Waals surface area contributed by atoms with E-state index in [1.54, 1.807) is 6.07 Å². The maximum Gasteiger partial charge on any atom is 0.120 e. The van der Waals surface area contributed by atoms with Crippen molar-refractivity contribution in [3.8, 4) is 5.75 Å². The summed E-state index contributed by atoms with van der Waals surface area (Å²) in [7, 11) is 0. The summed E-state index contributed by atoms with van der Waals surface area (Å²) in [5.41, 5.74) is 2.17. The zero-order valence-electron chi connectivity index (χ0n) is 11.2. The molecule has 96 valence electrons. The predicted molar refractivity (Wildman–Crippen MR) is 72.1 cm³/mol. The van der Waals surface area contributed by atoms with E-state index >= 15 is 0 Å². The molecule has 0 aliphatic rings. The number of rotatable bonds is 6. The molecule has 0 aliphatic carbocycles. The van der Waals surface area contributed by atoms with Gasteiger partial charge in [-0.2, -0.15) is 0 Å². The normalized spacial score (nSPS) is 11.4. The minimum Gasteiger partial charge on any atom is -0.508 e. The lowest BCUT2D eigenvalue weighted by atomic mass is 10.1. The van der Waals surface area contributed by atoms with Crippen LogP contribution >= 0.6 is 0 Å². The fraction of sp³-hybridized carbons (Fsp3) is 0.571. The highest BCUT2D eigenvalue weighted by Crippen LogP contribution is 2.18. The predicted octanol–water partition coefficient (Wildman–Crippen LogP) is 2.39. The van der Waals surface area contributed by atoms with Crippen LogP contribution in [0.15, 0.2) is 18.2 Å². The van der Waals surface area contributed by atoms with Crippen LogP contribution in [0.25, 0.3) is 0 Å². The van der Waals surface area contributed by atoms with Crippen molar-refractivity contribution >= 4 is 0 Å². The van der Waals surface area contributed by atoms with Crippen LogP contribution in [-0.4, -0.2) is 17.2 Å². The van der Waals surface area contributed by atoms with Gasteiger partial charge in [0.25, 0.3) is 0 Å².